The minimum atomic E-state index is -3.91. The largest absolute Gasteiger partial charge is 0.494 e. The fourth-order valence-corrected chi connectivity index (χ4v) is 4.14. The van der Waals surface area contributed by atoms with Gasteiger partial charge in [0.1, 0.15) is 27.9 Å². The standard InChI is InChI=1S/C18H19N7O3S/c1-11-21-18(25(3)22-11)14-7-6-13(10-19-14)29(26,27)23-16-15(28-4)8-5-12-9-20-24(2)17(12)16/h5-10,23H,1-4H3. The summed E-state index contributed by atoms with van der Waals surface area (Å²) in [4.78, 5) is 8.57. The van der Waals surface area contributed by atoms with E-state index in [1.54, 1.807) is 48.7 Å². The van der Waals surface area contributed by atoms with Gasteiger partial charge in [0.25, 0.3) is 10.0 Å². The van der Waals surface area contributed by atoms with Gasteiger partial charge in [0.2, 0.25) is 0 Å². The van der Waals surface area contributed by atoms with Crippen LogP contribution < -0.4 is 9.46 Å². The number of nitrogens with one attached hydrogen (secondary N) is 1. The molecule has 0 aliphatic heterocycles. The number of rotatable bonds is 5. The molecule has 0 amide bonds. The van der Waals surface area contributed by atoms with E-state index in [-0.39, 0.29) is 4.90 Å². The molecular formula is C18H19N7O3S. The van der Waals surface area contributed by atoms with Gasteiger partial charge >= 0.3 is 0 Å². The van der Waals surface area contributed by atoms with Crippen LogP contribution in [0.4, 0.5) is 5.69 Å². The van der Waals surface area contributed by atoms with Gasteiger partial charge in [-0.3, -0.25) is 14.4 Å². The van der Waals surface area contributed by atoms with Crippen molar-refractivity contribution in [2.45, 2.75) is 11.8 Å². The van der Waals surface area contributed by atoms with Gasteiger partial charge in [-0.1, -0.05) is 0 Å². The molecule has 4 aromatic rings. The quantitative estimate of drug-likeness (QED) is 0.531. The third-order valence-electron chi connectivity index (χ3n) is 4.47. The van der Waals surface area contributed by atoms with E-state index in [4.69, 9.17) is 4.74 Å². The predicted molar refractivity (Wildman–Crippen MR) is 107 cm³/mol. The Balaban J connectivity index is 1.72. The lowest BCUT2D eigenvalue weighted by Crippen LogP contribution is -2.15. The van der Waals surface area contributed by atoms with Crippen molar-refractivity contribution in [2.75, 3.05) is 11.8 Å². The number of hydrogen-bond acceptors (Lipinski definition) is 7. The van der Waals surface area contributed by atoms with Gasteiger partial charge in [-0.25, -0.2) is 18.1 Å². The molecule has 29 heavy (non-hydrogen) atoms. The minimum absolute atomic E-state index is 0.0152. The van der Waals surface area contributed by atoms with Crippen LogP contribution in [0.2, 0.25) is 0 Å². The third-order valence-corrected chi connectivity index (χ3v) is 5.80. The lowest BCUT2D eigenvalue weighted by Gasteiger charge is -2.14. The molecule has 0 atom stereocenters. The lowest BCUT2D eigenvalue weighted by atomic mass is 10.2. The van der Waals surface area contributed by atoms with Crippen molar-refractivity contribution in [3.63, 3.8) is 0 Å². The van der Waals surface area contributed by atoms with Gasteiger partial charge < -0.3 is 4.74 Å². The normalized spacial score (nSPS) is 11.7. The van der Waals surface area contributed by atoms with Crippen molar-refractivity contribution in [3.8, 4) is 17.3 Å². The molecule has 11 heteroatoms. The van der Waals surface area contributed by atoms with Crippen molar-refractivity contribution in [2.24, 2.45) is 14.1 Å². The number of aryl methyl sites for hydroxylation is 3. The van der Waals surface area contributed by atoms with Crippen LogP contribution >= 0.6 is 0 Å². The molecule has 0 unspecified atom stereocenters. The zero-order valence-electron chi connectivity index (χ0n) is 16.3. The lowest BCUT2D eigenvalue weighted by molar-refractivity contribution is 0.417. The molecule has 0 saturated heterocycles. The summed E-state index contributed by atoms with van der Waals surface area (Å²) in [6.07, 6.45) is 2.95. The fourth-order valence-electron chi connectivity index (χ4n) is 3.12. The Kier molecular flexibility index (Phi) is 4.46. The molecule has 1 aromatic carbocycles. The van der Waals surface area contributed by atoms with Crippen LogP contribution in [0.5, 0.6) is 5.75 Å². The van der Waals surface area contributed by atoms with Crippen LogP contribution in [0, 0.1) is 6.92 Å². The van der Waals surface area contributed by atoms with Crippen LogP contribution in [-0.4, -0.2) is 45.1 Å². The molecule has 10 nitrogen and oxygen atoms in total. The van der Waals surface area contributed by atoms with E-state index in [1.165, 1.54) is 19.4 Å². The molecule has 150 valence electrons. The maximum atomic E-state index is 13.0. The number of methoxy groups -OCH3 is 1. The zero-order chi connectivity index (χ0) is 20.8. The highest BCUT2D eigenvalue weighted by molar-refractivity contribution is 7.92. The Morgan fingerprint density at radius 1 is 1.07 bits per heavy atom. The average Bonchev–Trinajstić information content (AvgIpc) is 3.23. The number of anilines is 1. The Hall–Kier alpha value is -3.47. The summed E-state index contributed by atoms with van der Waals surface area (Å²) in [6, 6.07) is 6.59. The predicted octanol–water partition coefficient (Wildman–Crippen LogP) is 1.88. The van der Waals surface area contributed by atoms with E-state index >= 15 is 0 Å². The molecular weight excluding hydrogens is 394 g/mol. The summed E-state index contributed by atoms with van der Waals surface area (Å²) < 4.78 is 37.1. The van der Waals surface area contributed by atoms with E-state index in [9.17, 15) is 8.42 Å². The van der Waals surface area contributed by atoms with Crippen molar-refractivity contribution in [3.05, 3.63) is 42.5 Å². The van der Waals surface area contributed by atoms with Gasteiger partial charge in [0, 0.05) is 25.7 Å². The van der Waals surface area contributed by atoms with Crippen molar-refractivity contribution < 1.29 is 13.2 Å². The highest BCUT2D eigenvalue weighted by Gasteiger charge is 2.21. The van der Waals surface area contributed by atoms with Crippen molar-refractivity contribution in [1.29, 1.82) is 0 Å². The first-order valence-electron chi connectivity index (χ1n) is 8.66. The van der Waals surface area contributed by atoms with E-state index in [0.717, 1.165) is 5.39 Å². The molecule has 4 rings (SSSR count). The number of aromatic nitrogens is 6. The molecule has 3 aromatic heterocycles. The zero-order valence-corrected chi connectivity index (χ0v) is 17.1. The number of sulfonamides is 1. The molecule has 0 radical (unpaired) electrons. The topological polar surface area (TPSA) is 117 Å². The molecule has 0 aliphatic rings. The summed E-state index contributed by atoms with van der Waals surface area (Å²) in [6.45, 7) is 1.78. The van der Waals surface area contributed by atoms with Crippen LogP contribution in [0.3, 0.4) is 0 Å². The Bertz CT molecular complexity index is 1310. The van der Waals surface area contributed by atoms with Crippen molar-refractivity contribution in [1.82, 2.24) is 29.5 Å². The van der Waals surface area contributed by atoms with Crippen LogP contribution in [0.1, 0.15) is 5.82 Å². The summed E-state index contributed by atoms with van der Waals surface area (Å²) >= 11 is 0. The average molecular weight is 413 g/mol. The smallest absolute Gasteiger partial charge is 0.263 e. The van der Waals surface area contributed by atoms with Crippen LogP contribution in [0.15, 0.2) is 41.6 Å². The first kappa shape index (κ1) is 18.9. The molecule has 0 saturated carbocycles. The summed E-state index contributed by atoms with van der Waals surface area (Å²) in [5.41, 5.74) is 1.46. The SMILES string of the molecule is COc1ccc2cnn(C)c2c1NS(=O)(=O)c1ccc(-c2nc(C)nn2C)nc1. The highest BCUT2D eigenvalue weighted by atomic mass is 32.2. The maximum Gasteiger partial charge on any atom is 0.263 e. The van der Waals surface area contributed by atoms with Crippen molar-refractivity contribution >= 4 is 26.6 Å². The number of hydrogen-bond donors (Lipinski definition) is 1. The number of nitrogens with zero attached hydrogens (tertiary/aromatic N) is 6. The highest BCUT2D eigenvalue weighted by Crippen LogP contribution is 2.34. The third kappa shape index (κ3) is 3.29. The molecule has 0 spiro atoms. The monoisotopic (exact) mass is 413 g/mol. The van der Waals surface area contributed by atoms with Crippen LogP contribution in [0.25, 0.3) is 22.4 Å². The van der Waals surface area contributed by atoms with E-state index < -0.39 is 10.0 Å². The molecule has 3 heterocycles. The van der Waals surface area contributed by atoms with Gasteiger partial charge in [0.15, 0.2) is 5.82 Å². The number of benzene rings is 1. The summed E-state index contributed by atoms with van der Waals surface area (Å²) in [5, 5.41) is 9.16. The maximum absolute atomic E-state index is 13.0. The van der Waals surface area contributed by atoms with Crippen LogP contribution in [-0.2, 0) is 24.1 Å². The van der Waals surface area contributed by atoms with E-state index in [1.807, 2.05) is 6.07 Å². The molecule has 0 fully saturated rings. The fraction of sp³-hybridized carbons (Fsp3) is 0.222. The second-order valence-corrected chi connectivity index (χ2v) is 8.12. The van der Waals surface area contributed by atoms with E-state index in [0.29, 0.717) is 34.3 Å². The second-order valence-electron chi connectivity index (χ2n) is 6.44. The Morgan fingerprint density at radius 2 is 1.86 bits per heavy atom. The van der Waals surface area contributed by atoms with Gasteiger partial charge in [-0.05, 0) is 31.2 Å². The summed E-state index contributed by atoms with van der Waals surface area (Å²) in [5.74, 6) is 1.56. The molecule has 0 aliphatic carbocycles. The molecule has 0 bridgehead atoms. The van der Waals surface area contributed by atoms with E-state index in [2.05, 4.69) is 24.9 Å². The second kappa shape index (κ2) is 6.85. The summed E-state index contributed by atoms with van der Waals surface area (Å²) in [7, 11) is 1.06. The Morgan fingerprint density at radius 3 is 2.48 bits per heavy atom. The number of ether oxygens (including phenoxy) is 1. The van der Waals surface area contributed by atoms with Gasteiger partial charge in [-0.2, -0.15) is 10.2 Å². The Labute approximate surface area is 167 Å². The first-order chi connectivity index (χ1) is 13.8. The van der Waals surface area contributed by atoms with Gasteiger partial charge in [-0.15, -0.1) is 0 Å². The molecule has 1 N–H and O–H groups in total. The number of pyridine rings is 1. The van der Waals surface area contributed by atoms with Gasteiger partial charge in [0.05, 0.1) is 18.8 Å². The minimum Gasteiger partial charge on any atom is -0.494 e. The number of fused-ring (bicyclic) bond motifs is 1. The first-order valence-corrected chi connectivity index (χ1v) is 10.1.